The van der Waals surface area contributed by atoms with E-state index in [0.717, 1.165) is 19.3 Å². The Kier molecular flexibility index (Phi) is 3.31. The largest absolute Gasteiger partial charge is 0.463 e. The second-order valence-electron chi connectivity index (χ2n) is 4.08. The first-order valence-corrected chi connectivity index (χ1v) is 5.03. The highest BCUT2D eigenvalue weighted by Crippen LogP contribution is 2.20. The molecule has 0 aromatic rings. The van der Waals surface area contributed by atoms with Gasteiger partial charge in [-0.2, -0.15) is 0 Å². The Morgan fingerprint density at radius 2 is 2.38 bits per heavy atom. The number of carbonyl (C=O) groups excluding carboxylic acids is 1. The molecule has 76 valence electrons. The van der Waals surface area contributed by atoms with E-state index in [-0.39, 0.29) is 12.0 Å². The van der Waals surface area contributed by atoms with E-state index < -0.39 is 5.54 Å². The van der Waals surface area contributed by atoms with Gasteiger partial charge in [0, 0.05) is 6.04 Å². The van der Waals surface area contributed by atoms with Crippen molar-refractivity contribution in [1.82, 2.24) is 5.32 Å². The van der Waals surface area contributed by atoms with Crippen LogP contribution in [0.4, 0.5) is 0 Å². The number of morpholine rings is 1. The molecule has 0 aliphatic carbocycles. The van der Waals surface area contributed by atoms with E-state index >= 15 is 0 Å². The third kappa shape index (κ3) is 2.44. The third-order valence-corrected chi connectivity index (χ3v) is 2.51. The van der Waals surface area contributed by atoms with E-state index in [1.54, 1.807) is 0 Å². The summed E-state index contributed by atoms with van der Waals surface area (Å²) in [7, 11) is 0. The summed E-state index contributed by atoms with van der Waals surface area (Å²) in [4.78, 5) is 11.5. The fourth-order valence-corrected chi connectivity index (χ4v) is 1.71. The van der Waals surface area contributed by atoms with Gasteiger partial charge in [-0.15, -0.1) is 0 Å². The molecule has 0 spiro atoms. The van der Waals surface area contributed by atoms with Crippen LogP contribution in [0, 0.1) is 0 Å². The number of unbranched alkanes of at least 4 members (excludes halogenated alkanes) is 1. The second kappa shape index (κ2) is 4.09. The predicted molar refractivity (Wildman–Crippen MR) is 51.5 cm³/mol. The van der Waals surface area contributed by atoms with Crippen LogP contribution in [0.15, 0.2) is 0 Å². The van der Waals surface area contributed by atoms with E-state index in [1.807, 2.05) is 13.8 Å². The van der Waals surface area contributed by atoms with Crippen molar-refractivity contribution in [1.29, 1.82) is 0 Å². The highest BCUT2D eigenvalue weighted by Gasteiger charge is 2.38. The smallest absolute Gasteiger partial charge is 0.326 e. The Bertz CT molecular complexity index is 193. The van der Waals surface area contributed by atoms with Crippen molar-refractivity contribution in [3.8, 4) is 0 Å². The lowest BCUT2D eigenvalue weighted by atomic mass is 9.93. The Hall–Kier alpha value is -0.570. The lowest BCUT2D eigenvalue weighted by Gasteiger charge is -2.36. The minimum absolute atomic E-state index is 0.0981. The van der Waals surface area contributed by atoms with Gasteiger partial charge >= 0.3 is 5.97 Å². The molecule has 0 aromatic carbocycles. The van der Waals surface area contributed by atoms with Crippen molar-refractivity contribution in [3.63, 3.8) is 0 Å². The molecular weight excluding hydrogens is 166 g/mol. The SMILES string of the molecule is CCCC[C@@]1(C)N[C@H](C)COC1=O. The molecule has 1 aliphatic heterocycles. The standard InChI is InChI=1S/C10H19NO2/c1-4-5-6-10(3)9(12)13-7-8(2)11-10/h8,11H,4-7H2,1-3H3/t8-,10-/m1/s1. The number of nitrogens with one attached hydrogen (secondary N) is 1. The summed E-state index contributed by atoms with van der Waals surface area (Å²) in [6, 6.07) is 0.277. The highest BCUT2D eigenvalue weighted by atomic mass is 16.5. The van der Waals surface area contributed by atoms with Gasteiger partial charge in [0.15, 0.2) is 0 Å². The minimum atomic E-state index is -0.451. The van der Waals surface area contributed by atoms with Gasteiger partial charge in [-0.05, 0) is 20.3 Å². The average Bonchev–Trinajstić information content (AvgIpc) is 2.09. The summed E-state index contributed by atoms with van der Waals surface area (Å²) in [5.41, 5.74) is -0.451. The first-order valence-electron chi connectivity index (χ1n) is 5.03. The highest BCUT2D eigenvalue weighted by molar-refractivity contribution is 5.81. The first-order chi connectivity index (χ1) is 6.08. The number of esters is 1. The molecule has 0 bridgehead atoms. The number of carbonyl (C=O) groups is 1. The molecule has 3 heteroatoms. The molecule has 0 saturated carbocycles. The number of rotatable bonds is 3. The van der Waals surface area contributed by atoms with Gasteiger partial charge < -0.3 is 4.74 Å². The van der Waals surface area contributed by atoms with Crippen LogP contribution in [0.2, 0.25) is 0 Å². The average molecular weight is 185 g/mol. The molecule has 0 amide bonds. The third-order valence-electron chi connectivity index (χ3n) is 2.51. The summed E-state index contributed by atoms with van der Waals surface area (Å²) in [6.07, 6.45) is 3.04. The number of hydrogen-bond donors (Lipinski definition) is 1. The van der Waals surface area contributed by atoms with E-state index in [4.69, 9.17) is 4.74 Å². The predicted octanol–water partition coefficient (Wildman–Crippen LogP) is 1.47. The van der Waals surface area contributed by atoms with Crippen molar-refractivity contribution in [2.45, 2.75) is 51.6 Å². The summed E-state index contributed by atoms with van der Waals surface area (Å²) < 4.78 is 5.10. The van der Waals surface area contributed by atoms with Gasteiger partial charge in [0.1, 0.15) is 12.1 Å². The maximum atomic E-state index is 11.5. The van der Waals surface area contributed by atoms with Crippen LogP contribution in [-0.2, 0) is 9.53 Å². The lowest BCUT2D eigenvalue weighted by molar-refractivity contribution is -0.158. The molecule has 13 heavy (non-hydrogen) atoms. The van der Waals surface area contributed by atoms with Crippen LogP contribution >= 0.6 is 0 Å². The Morgan fingerprint density at radius 1 is 1.69 bits per heavy atom. The molecule has 2 atom stereocenters. The van der Waals surface area contributed by atoms with Crippen LogP contribution in [-0.4, -0.2) is 24.2 Å². The maximum Gasteiger partial charge on any atom is 0.326 e. The van der Waals surface area contributed by atoms with Crippen LogP contribution in [0.25, 0.3) is 0 Å². The normalized spacial score (nSPS) is 34.4. The summed E-state index contributed by atoms with van der Waals surface area (Å²) in [5, 5.41) is 3.30. The van der Waals surface area contributed by atoms with Gasteiger partial charge in [-0.25, -0.2) is 0 Å². The Morgan fingerprint density at radius 3 is 3.00 bits per heavy atom. The first kappa shape index (κ1) is 10.5. The number of ether oxygens (including phenoxy) is 1. The summed E-state index contributed by atoms with van der Waals surface area (Å²) in [5.74, 6) is -0.0981. The van der Waals surface area contributed by atoms with Gasteiger partial charge in [0.05, 0.1) is 0 Å². The van der Waals surface area contributed by atoms with Crippen LogP contribution in [0.1, 0.15) is 40.0 Å². The fourth-order valence-electron chi connectivity index (χ4n) is 1.71. The fraction of sp³-hybridized carbons (Fsp3) is 0.900. The number of hydrogen-bond acceptors (Lipinski definition) is 3. The van der Waals surface area contributed by atoms with Gasteiger partial charge in [0.25, 0.3) is 0 Å². The van der Waals surface area contributed by atoms with Crippen LogP contribution < -0.4 is 5.32 Å². The quantitative estimate of drug-likeness (QED) is 0.677. The van der Waals surface area contributed by atoms with Gasteiger partial charge in [0.2, 0.25) is 0 Å². The molecule has 0 unspecified atom stereocenters. The molecule has 1 fully saturated rings. The molecule has 1 rings (SSSR count). The Labute approximate surface area is 79.8 Å². The minimum Gasteiger partial charge on any atom is -0.463 e. The van der Waals surface area contributed by atoms with E-state index in [0.29, 0.717) is 6.61 Å². The Balaban J connectivity index is 2.56. The molecule has 1 heterocycles. The van der Waals surface area contributed by atoms with Crippen molar-refractivity contribution < 1.29 is 9.53 Å². The summed E-state index contributed by atoms with van der Waals surface area (Å²) in [6.45, 7) is 6.60. The van der Waals surface area contributed by atoms with E-state index in [9.17, 15) is 4.79 Å². The topological polar surface area (TPSA) is 38.3 Å². The molecular formula is C10H19NO2. The van der Waals surface area contributed by atoms with Gasteiger partial charge in [-0.1, -0.05) is 19.8 Å². The van der Waals surface area contributed by atoms with Crippen molar-refractivity contribution >= 4 is 5.97 Å². The molecule has 0 radical (unpaired) electrons. The molecule has 1 N–H and O–H groups in total. The van der Waals surface area contributed by atoms with Crippen molar-refractivity contribution in [3.05, 3.63) is 0 Å². The van der Waals surface area contributed by atoms with E-state index in [1.165, 1.54) is 0 Å². The lowest BCUT2D eigenvalue weighted by Crippen LogP contribution is -2.59. The zero-order chi connectivity index (χ0) is 9.90. The van der Waals surface area contributed by atoms with Crippen molar-refractivity contribution in [2.75, 3.05) is 6.61 Å². The number of cyclic esters (lactones) is 1. The van der Waals surface area contributed by atoms with Gasteiger partial charge in [-0.3, -0.25) is 10.1 Å². The molecule has 0 aromatic heterocycles. The van der Waals surface area contributed by atoms with Crippen LogP contribution in [0.5, 0.6) is 0 Å². The second-order valence-corrected chi connectivity index (χ2v) is 4.08. The molecule has 1 saturated heterocycles. The summed E-state index contributed by atoms with van der Waals surface area (Å²) >= 11 is 0. The molecule has 1 aliphatic rings. The zero-order valence-electron chi connectivity index (χ0n) is 8.72. The maximum absolute atomic E-state index is 11.5. The van der Waals surface area contributed by atoms with Crippen LogP contribution in [0.3, 0.4) is 0 Å². The monoisotopic (exact) mass is 185 g/mol. The zero-order valence-corrected chi connectivity index (χ0v) is 8.72. The molecule has 3 nitrogen and oxygen atoms in total. The van der Waals surface area contributed by atoms with E-state index in [2.05, 4.69) is 12.2 Å². The van der Waals surface area contributed by atoms with Crippen molar-refractivity contribution in [2.24, 2.45) is 0 Å².